The molecule has 0 spiro atoms. The van der Waals surface area contributed by atoms with E-state index in [0.717, 1.165) is 18.4 Å². The molecule has 0 fully saturated rings. The first-order valence-corrected chi connectivity index (χ1v) is 12.7. The van der Waals surface area contributed by atoms with Gasteiger partial charge in [0.25, 0.3) is 0 Å². The van der Waals surface area contributed by atoms with E-state index in [4.69, 9.17) is 9.88 Å². The third kappa shape index (κ3) is 11.2. The SMILES string of the molecule is CCCCCCCCCCCCCC(CCc1ccccc1S(N)(=O)=O)OC. The molecule has 0 aliphatic carbocycles. The summed E-state index contributed by atoms with van der Waals surface area (Å²) >= 11 is 0. The zero-order valence-electron chi connectivity index (χ0n) is 18.0. The molecule has 28 heavy (non-hydrogen) atoms. The third-order valence-electron chi connectivity index (χ3n) is 5.48. The maximum atomic E-state index is 11.7. The summed E-state index contributed by atoms with van der Waals surface area (Å²) in [6.45, 7) is 2.26. The van der Waals surface area contributed by atoms with Crippen molar-refractivity contribution in [1.29, 1.82) is 0 Å². The summed E-state index contributed by atoms with van der Waals surface area (Å²) in [5, 5.41) is 5.32. The van der Waals surface area contributed by atoms with Crippen LogP contribution in [0.5, 0.6) is 0 Å². The first-order valence-electron chi connectivity index (χ1n) is 11.1. The molecule has 1 rings (SSSR count). The molecule has 0 aliphatic rings. The van der Waals surface area contributed by atoms with E-state index in [2.05, 4.69) is 6.92 Å². The largest absolute Gasteiger partial charge is 0.381 e. The van der Waals surface area contributed by atoms with E-state index in [-0.39, 0.29) is 11.0 Å². The number of hydrogen-bond acceptors (Lipinski definition) is 3. The molecule has 162 valence electrons. The van der Waals surface area contributed by atoms with Crippen LogP contribution in [0.3, 0.4) is 0 Å². The lowest BCUT2D eigenvalue weighted by atomic mass is 10.0. The number of benzene rings is 1. The topological polar surface area (TPSA) is 69.4 Å². The normalized spacial score (nSPS) is 13.0. The molecule has 1 unspecified atom stereocenters. The van der Waals surface area contributed by atoms with Crippen molar-refractivity contribution in [3.8, 4) is 0 Å². The van der Waals surface area contributed by atoms with Crippen molar-refractivity contribution >= 4 is 10.0 Å². The van der Waals surface area contributed by atoms with Crippen molar-refractivity contribution in [1.82, 2.24) is 0 Å². The van der Waals surface area contributed by atoms with Crippen molar-refractivity contribution in [2.45, 2.75) is 108 Å². The van der Waals surface area contributed by atoms with E-state index < -0.39 is 10.0 Å². The molecule has 0 aliphatic heterocycles. The van der Waals surface area contributed by atoms with Gasteiger partial charge in [0.1, 0.15) is 0 Å². The molecule has 0 radical (unpaired) electrons. The molecule has 1 aromatic rings. The predicted molar refractivity (Wildman–Crippen MR) is 118 cm³/mol. The van der Waals surface area contributed by atoms with Crippen LogP contribution in [-0.4, -0.2) is 21.6 Å². The summed E-state index contributed by atoms with van der Waals surface area (Å²) in [6.07, 6.45) is 17.4. The van der Waals surface area contributed by atoms with Gasteiger partial charge in [0.2, 0.25) is 10.0 Å². The minimum absolute atomic E-state index is 0.173. The molecule has 0 heterocycles. The number of sulfonamides is 1. The highest BCUT2D eigenvalue weighted by molar-refractivity contribution is 7.89. The Morgan fingerprint density at radius 1 is 0.857 bits per heavy atom. The number of ether oxygens (including phenoxy) is 1. The minimum atomic E-state index is -3.67. The van der Waals surface area contributed by atoms with Crippen LogP contribution >= 0.6 is 0 Å². The van der Waals surface area contributed by atoms with Gasteiger partial charge in [0.15, 0.2) is 0 Å². The second kappa shape index (κ2) is 15.0. The van der Waals surface area contributed by atoms with Gasteiger partial charge >= 0.3 is 0 Å². The van der Waals surface area contributed by atoms with Crippen molar-refractivity contribution < 1.29 is 13.2 Å². The van der Waals surface area contributed by atoms with Crippen molar-refractivity contribution in [3.63, 3.8) is 0 Å². The summed E-state index contributed by atoms with van der Waals surface area (Å²) in [5.41, 5.74) is 0.783. The maximum Gasteiger partial charge on any atom is 0.238 e. The second-order valence-electron chi connectivity index (χ2n) is 7.87. The van der Waals surface area contributed by atoms with Crippen LogP contribution in [0.1, 0.15) is 96.0 Å². The Bertz CT molecular complexity index is 616. The Morgan fingerprint density at radius 3 is 1.93 bits per heavy atom. The molecule has 1 atom stereocenters. The highest BCUT2D eigenvalue weighted by Crippen LogP contribution is 2.19. The van der Waals surface area contributed by atoms with Crippen LogP contribution in [0.15, 0.2) is 29.2 Å². The monoisotopic (exact) mass is 411 g/mol. The van der Waals surface area contributed by atoms with Crippen LogP contribution in [0.25, 0.3) is 0 Å². The molecule has 0 amide bonds. The summed E-state index contributed by atoms with van der Waals surface area (Å²) in [7, 11) is -1.92. The summed E-state index contributed by atoms with van der Waals surface area (Å²) < 4.78 is 29.0. The number of primary sulfonamides is 1. The lowest BCUT2D eigenvalue weighted by molar-refractivity contribution is 0.0857. The fourth-order valence-corrected chi connectivity index (χ4v) is 4.52. The Hall–Kier alpha value is -0.910. The predicted octanol–water partition coefficient (Wildman–Crippen LogP) is 5.98. The molecule has 1 aromatic carbocycles. The lowest BCUT2D eigenvalue weighted by Gasteiger charge is -2.16. The number of rotatable bonds is 17. The minimum Gasteiger partial charge on any atom is -0.381 e. The van der Waals surface area contributed by atoms with Gasteiger partial charge in [0, 0.05) is 7.11 Å². The average Bonchev–Trinajstić information content (AvgIpc) is 2.68. The molecule has 5 heteroatoms. The summed E-state index contributed by atoms with van der Waals surface area (Å²) in [5.74, 6) is 0. The van der Waals surface area contributed by atoms with Crippen LogP contribution in [0.4, 0.5) is 0 Å². The smallest absolute Gasteiger partial charge is 0.238 e. The molecule has 2 N–H and O–H groups in total. The van der Waals surface area contributed by atoms with E-state index >= 15 is 0 Å². The first-order chi connectivity index (χ1) is 13.5. The van der Waals surface area contributed by atoms with Crippen LogP contribution in [0, 0.1) is 0 Å². The zero-order valence-corrected chi connectivity index (χ0v) is 18.8. The van der Waals surface area contributed by atoms with Gasteiger partial charge in [0.05, 0.1) is 11.0 Å². The van der Waals surface area contributed by atoms with Crippen molar-refractivity contribution in [2.24, 2.45) is 5.14 Å². The average molecular weight is 412 g/mol. The van der Waals surface area contributed by atoms with Gasteiger partial charge in [-0.2, -0.15) is 0 Å². The fourth-order valence-electron chi connectivity index (χ4n) is 3.72. The zero-order chi connectivity index (χ0) is 20.7. The number of methoxy groups -OCH3 is 1. The van der Waals surface area contributed by atoms with Crippen LogP contribution < -0.4 is 5.14 Å². The third-order valence-corrected chi connectivity index (χ3v) is 6.49. The van der Waals surface area contributed by atoms with Gasteiger partial charge in [-0.15, -0.1) is 0 Å². The van der Waals surface area contributed by atoms with Crippen molar-refractivity contribution in [2.75, 3.05) is 7.11 Å². The molecular weight excluding hydrogens is 370 g/mol. The molecule has 0 saturated carbocycles. The van der Waals surface area contributed by atoms with Crippen LogP contribution in [-0.2, 0) is 21.2 Å². The maximum absolute atomic E-state index is 11.7. The van der Waals surface area contributed by atoms with E-state index in [1.54, 1.807) is 19.2 Å². The lowest BCUT2D eigenvalue weighted by Crippen LogP contribution is -2.16. The fraction of sp³-hybridized carbons (Fsp3) is 0.739. The Labute approximate surface area is 173 Å². The van der Waals surface area contributed by atoms with Gasteiger partial charge < -0.3 is 4.74 Å². The van der Waals surface area contributed by atoms with E-state index in [1.165, 1.54) is 70.6 Å². The Balaban J connectivity index is 2.16. The van der Waals surface area contributed by atoms with Crippen LogP contribution in [0.2, 0.25) is 0 Å². The van der Waals surface area contributed by atoms with Gasteiger partial charge in [-0.05, 0) is 30.9 Å². The molecular formula is C23H41NO3S. The second-order valence-corrected chi connectivity index (χ2v) is 9.40. The van der Waals surface area contributed by atoms with E-state index in [0.29, 0.717) is 6.42 Å². The number of unbranched alkanes of at least 4 members (excludes halogenated alkanes) is 10. The Kier molecular flexibility index (Phi) is 13.5. The molecule has 0 bridgehead atoms. The van der Waals surface area contributed by atoms with E-state index in [9.17, 15) is 8.42 Å². The Morgan fingerprint density at radius 2 is 1.39 bits per heavy atom. The summed E-state index contributed by atoms with van der Waals surface area (Å²) in [4.78, 5) is 0.236. The van der Waals surface area contributed by atoms with Gasteiger partial charge in [-0.1, -0.05) is 95.8 Å². The quantitative estimate of drug-likeness (QED) is 0.320. The summed E-state index contributed by atoms with van der Waals surface area (Å²) in [6, 6.07) is 6.99. The standard InChI is InChI=1S/C23H41NO3S/c1-3-4-5-6-7-8-9-10-11-12-13-17-22(27-2)20-19-21-16-14-15-18-23(21)28(24,25)26/h14-16,18,22H,3-13,17,19-20H2,1-2H3,(H2,24,25,26). The first kappa shape index (κ1) is 25.1. The number of nitrogens with two attached hydrogens (primary N) is 1. The number of aryl methyl sites for hydroxylation is 1. The van der Waals surface area contributed by atoms with Gasteiger partial charge in [-0.3, -0.25) is 0 Å². The molecule has 4 nitrogen and oxygen atoms in total. The molecule has 0 aromatic heterocycles. The van der Waals surface area contributed by atoms with Crippen molar-refractivity contribution in [3.05, 3.63) is 29.8 Å². The highest BCUT2D eigenvalue weighted by Gasteiger charge is 2.15. The molecule has 0 saturated heterocycles. The van der Waals surface area contributed by atoms with E-state index in [1.807, 2.05) is 12.1 Å². The van der Waals surface area contributed by atoms with Gasteiger partial charge in [-0.25, -0.2) is 13.6 Å². The number of hydrogen-bond donors (Lipinski definition) is 1. The highest BCUT2D eigenvalue weighted by atomic mass is 32.2.